The van der Waals surface area contributed by atoms with Crippen molar-refractivity contribution in [2.24, 2.45) is 5.84 Å². The van der Waals surface area contributed by atoms with E-state index >= 15 is 0 Å². The van der Waals surface area contributed by atoms with Crippen LogP contribution in [0.25, 0.3) is 11.1 Å². The summed E-state index contributed by atoms with van der Waals surface area (Å²) in [6.45, 7) is 8.34. The van der Waals surface area contributed by atoms with Crippen LogP contribution in [0.5, 0.6) is 0 Å². The molecule has 5 heteroatoms. The quantitative estimate of drug-likeness (QED) is 0.496. The Kier molecular flexibility index (Phi) is 5.21. The molecule has 1 aromatic heterocycles. The average molecular weight is 318 g/mol. The van der Waals surface area contributed by atoms with Crippen LogP contribution in [0, 0.1) is 13.8 Å². The number of esters is 1. The van der Waals surface area contributed by atoms with Gasteiger partial charge in [0.1, 0.15) is 10.6 Å². The van der Waals surface area contributed by atoms with Crippen LogP contribution in [0.2, 0.25) is 0 Å². The Labute approximate surface area is 135 Å². The number of aryl methyl sites for hydroxylation is 3. The molecule has 0 saturated carbocycles. The third kappa shape index (κ3) is 3.00. The van der Waals surface area contributed by atoms with Crippen molar-refractivity contribution < 1.29 is 9.53 Å². The number of benzene rings is 1. The largest absolute Gasteiger partial charge is 0.462 e. The molecule has 0 aliphatic carbocycles. The van der Waals surface area contributed by atoms with Crippen molar-refractivity contribution in [1.29, 1.82) is 0 Å². The predicted octanol–water partition coefficient (Wildman–Crippen LogP) is 4.06. The first-order valence-corrected chi connectivity index (χ1v) is 8.22. The highest BCUT2D eigenvalue weighted by Crippen LogP contribution is 2.42. The topological polar surface area (TPSA) is 64.3 Å². The highest BCUT2D eigenvalue weighted by Gasteiger charge is 2.25. The summed E-state index contributed by atoms with van der Waals surface area (Å²) < 4.78 is 5.23. The number of anilines is 1. The monoisotopic (exact) mass is 318 g/mol. The SMILES string of the molecule is CCOC(=O)c1c(NN)sc(CC)c1-c1ccc(C)cc1C. The molecule has 0 amide bonds. The third-order valence-corrected chi connectivity index (χ3v) is 4.83. The third-order valence-electron chi connectivity index (χ3n) is 3.56. The normalized spacial score (nSPS) is 10.6. The van der Waals surface area contributed by atoms with Crippen LogP contribution in [0.3, 0.4) is 0 Å². The second-order valence-corrected chi connectivity index (χ2v) is 6.25. The van der Waals surface area contributed by atoms with E-state index in [0.29, 0.717) is 17.2 Å². The Bertz CT molecular complexity index is 692. The van der Waals surface area contributed by atoms with E-state index in [4.69, 9.17) is 10.6 Å². The lowest BCUT2D eigenvalue weighted by Crippen LogP contribution is -2.12. The molecule has 0 bridgehead atoms. The molecule has 1 aromatic carbocycles. The maximum atomic E-state index is 12.4. The Balaban J connectivity index is 2.71. The van der Waals surface area contributed by atoms with Gasteiger partial charge >= 0.3 is 5.97 Å². The number of carbonyl (C=O) groups excluding carboxylic acids is 1. The molecule has 0 fully saturated rings. The number of nitrogens with two attached hydrogens (primary N) is 1. The fourth-order valence-electron chi connectivity index (χ4n) is 2.61. The predicted molar refractivity (Wildman–Crippen MR) is 92.4 cm³/mol. The molecule has 4 nitrogen and oxygen atoms in total. The maximum absolute atomic E-state index is 12.4. The molecule has 0 aliphatic heterocycles. The van der Waals surface area contributed by atoms with Gasteiger partial charge in [0.05, 0.1) is 6.61 Å². The summed E-state index contributed by atoms with van der Waals surface area (Å²) in [7, 11) is 0. The minimum atomic E-state index is -0.332. The molecular weight excluding hydrogens is 296 g/mol. The van der Waals surface area contributed by atoms with Crippen LogP contribution in [0.1, 0.15) is 40.2 Å². The molecule has 22 heavy (non-hydrogen) atoms. The number of nitrogen functional groups attached to an aromatic ring is 1. The van der Waals surface area contributed by atoms with E-state index in [1.807, 2.05) is 0 Å². The first kappa shape index (κ1) is 16.5. The first-order chi connectivity index (χ1) is 10.5. The number of ether oxygens (including phenoxy) is 1. The van der Waals surface area contributed by atoms with Gasteiger partial charge in [0.15, 0.2) is 0 Å². The van der Waals surface area contributed by atoms with Crippen LogP contribution < -0.4 is 11.3 Å². The van der Waals surface area contributed by atoms with Crippen LogP contribution >= 0.6 is 11.3 Å². The summed E-state index contributed by atoms with van der Waals surface area (Å²) in [6, 6.07) is 6.25. The molecule has 118 valence electrons. The highest BCUT2D eigenvalue weighted by molar-refractivity contribution is 7.17. The summed E-state index contributed by atoms with van der Waals surface area (Å²) in [4.78, 5) is 13.5. The number of hydrogen-bond acceptors (Lipinski definition) is 5. The number of hydrazine groups is 1. The van der Waals surface area contributed by atoms with Gasteiger partial charge in [-0.15, -0.1) is 11.3 Å². The van der Waals surface area contributed by atoms with Gasteiger partial charge in [-0.3, -0.25) is 0 Å². The van der Waals surface area contributed by atoms with E-state index in [9.17, 15) is 4.79 Å². The minimum Gasteiger partial charge on any atom is -0.462 e. The first-order valence-electron chi connectivity index (χ1n) is 7.40. The summed E-state index contributed by atoms with van der Waals surface area (Å²) >= 11 is 1.51. The second-order valence-electron chi connectivity index (χ2n) is 5.14. The average Bonchev–Trinajstić information content (AvgIpc) is 2.86. The minimum absolute atomic E-state index is 0.332. The Morgan fingerprint density at radius 3 is 2.59 bits per heavy atom. The molecule has 0 unspecified atom stereocenters. The molecule has 0 aliphatic rings. The fourth-order valence-corrected chi connectivity index (χ4v) is 3.66. The lowest BCUT2D eigenvalue weighted by molar-refractivity contribution is 0.0529. The van der Waals surface area contributed by atoms with Crippen molar-refractivity contribution in [2.45, 2.75) is 34.1 Å². The summed E-state index contributed by atoms with van der Waals surface area (Å²) in [5.41, 5.74) is 7.53. The van der Waals surface area contributed by atoms with E-state index in [1.165, 1.54) is 16.9 Å². The molecule has 2 rings (SSSR count). The van der Waals surface area contributed by atoms with E-state index < -0.39 is 0 Å². The van der Waals surface area contributed by atoms with E-state index in [1.54, 1.807) is 6.92 Å². The van der Waals surface area contributed by atoms with Gasteiger partial charge < -0.3 is 10.2 Å². The molecule has 0 spiro atoms. The van der Waals surface area contributed by atoms with Crippen LogP contribution in [-0.2, 0) is 11.2 Å². The Hall–Kier alpha value is -1.85. The van der Waals surface area contributed by atoms with Crippen molar-refractivity contribution in [2.75, 3.05) is 12.0 Å². The number of hydrogen-bond donors (Lipinski definition) is 2. The van der Waals surface area contributed by atoms with Crippen molar-refractivity contribution in [3.05, 3.63) is 39.8 Å². The van der Waals surface area contributed by atoms with Crippen LogP contribution in [-0.4, -0.2) is 12.6 Å². The van der Waals surface area contributed by atoms with Crippen molar-refractivity contribution in [3.8, 4) is 11.1 Å². The molecule has 2 aromatic rings. The lowest BCUT2D eigenvalue weighted by Gasteiger charge is -2.11. The molecule has 0 atom stereocenters. The summed E-state index contributed by atoms with van der Waals surface area (Å²) in [5.74, 6) is 5.28. The number of rotatable bonds is 5. The van der Waals surface area contributed by atoms with Gasteiger partial charge in [-0.2, -0.15) is 0 Å². The van der Waals surface area contributed by atoms with Crippen LogP contribution in [0.15, 0.2) is 18.2 Å². The number of thiophene rings is 1. The van der Waals surface area contributed by atoms with Crippen molar-refractivity contribution >= 4 is 22.3 Å². The molecule has 3 N–H and O–H groups in total. The van der Waals surface area contributed by atoms with E-state index in [-0.39, 0.29) is 5.97 Å². The maximum Gasteiger partial charge on any atom is 0.341 e. The van der Waals surface area contributed by atoms with E-state index in [2.05, 4.69) is 44.4 Å². The summed E-state index contributed by atoms with van der Waals surface area (Å²) in [6.07, 6.45) is 0.835. The second kappa shape index (κ2) is 6.94. The van der Waals surface area contributed by atoms with Gasteiger partial charge in [-0.05, 0) is 38.3 Å². The summed E-state index contributed by atoms with van der Waals surface area (Å²) in [5, 5.41) is 0.658. The molecule has 0 saturated heterocycles. The van der Waals surface area contributed by atoms with Gasteiger partial charge in [-0.25, -0.2) is 10.6 Å². The molecule has 1 heterocycles. The van der Waals surface area contributed by atoms with Crippen molar-refractivity contribution in [1.82, 2.24) is 0 Å². The number of carbonyl (C=O) groups is 1. The van der Waals surface area contributed by atoms with Gasteiger partial charge in [0.2, 0.25) is 0 Å². The van der Waals surface area contributed by atoms with Gasteiger partial charge in [0.25, 0.3) is 0 Å². The highest BCUT2D eigenvalue weighted by atomic mass is 32.1. The molecular formula is C17H22N2O2S. The Morgan fingerprint density at radius 2 is 2.05 bits per heavy atom. The zero-order chi connectivity index (χ0) is 16.3. The zero-order valence-corrected chi connectivity index (χ0v) is 14.3. The van der Waals surface area contributed by atoms with E-state index in [0.717, 1.165) is 28.0 Å². The standard InChI is InChI=1S/C17H22N2O2S/c1-5-13-14(12-8-7-10(3)9-11(12)4)15(16(19-18)22-13)17(20)21-6-2/h7-9,19H,5-6,18H2,1-4H3. The zero-order valence-electron chi connectivity index (χ0n) is 13.4. The fraction of sp³-hybridized carbons (Fsp3) is 0.353. The van der Waals surface area contributed by atoms with Crippen molar-refractivity contribution in [3.63, 3.8) is 0 Å². The number of nitrogens with one attached hydrogen (secondary N) is 1. The van der Waals surface area contributed by atoms with Crippen LogP contribution in [0.4, 0.5) is 5.00 Å². The van der Waals surface area contributed by atoms with Gasteiger partial charge in [0, 0.05) is 10.4 Å². The molecule has 0 radical (unpaired) electrons. The van der Waals surface area contributed by atoms with Gasteiger partial charge in [-0.1, -0.05) is 30.7 Å². The lowest BCUT2D eigenvalue weighted by atomic mass is 9.95. The Morgan fingerprint density at radius 1 is 1.32 bits per heavy atom. The smallest absolute Gasteiger partial charge is 0.341 e.